The van der Waals surface area contributed by atoms with Gasteiger partial charge in [0.25, 0.3) is 0 Å². The number of hydrogen-bond donors (Lipinski definition) is 2. The highest BCUT2D eigenvalue weighted by Crippen LogP contribution is 2.37. The van der Waals surface area contributed by atoms with Gasteiger partial charge in [0, 0.05) is 0 Å². The highest BCUT2D eigenvalue weighted by Gasteiger charge is 2.09. The lowest BCUT2D eigenvalue weighted by atomic mass is 10.3. The van der Waals surface area contributed by atoms with Gasteiger partial charge in [0.1, 0.15) is 5.75 Å². The van der Waals surface area contributed by atoms with E-state index in [1.54, 1.807) is 24.3 Å². The van der Waals surface area contributed by atoms with E-state index < -0.39 is 6.64 Å². The van der Waals surface area contributed by atoms with E-state index in [1.165, 1.54) is 0 Å². The van der Waals surface area contributed by atoms with Crippen LogP contribution in [0.3, 0.4) is 0 Å². The number of benzene rings is 1. The summed E-state index contributed by atoms with van der Waals surface area (Å²) in [4.78, 5) is 9.02. The summed E-state index contributed by atoms with van der Waals surface area (Å²) in [5.74, 6) is 0.313. The zero-order valence-corrected chi connectivity index (χ0v) is 8.44. The molecule has 0 bridgehead atoms. The smallest absolute Gasteiger partial charge is 0.307 e. The highest BCUT2D eigenvalue weighted by molar-refractivity contribution is 8.08. The molecule has 0 radical (unpaired) electrons. The topological polar surface area (TPSA) is 55.5 Å². The summed E-state index contributed by atoms with van der Waals surface area (Å²) in [5.41, 5.74) is 5.14. The van der Waals surface area contributed by atoms with Crippen LogP contribution >= 0.6 is 18.2 Å². The van der Waals surface area contributed by atoms with Gasteiger partial charge in [-0.15, -0.1) is 0 Å². The Morgan fingerprint density at radius 2 is 2.08 bits per heavy atom. The quantitative estimate of drug-likeness (QED) is 0.752. The number of hydrogen-bond acceptors (Lipinski definition) is 2. The number of halogens is 1. The van der Waals surface area contributed by atoms with Gasteiger partial charge in [-0.2, -0.15) is 0 Å². The standard InChI is InChI=1S/C6H7ClNO2PS/c7-5-3-1-2-4-6(5)10-11(8,9)12/h1-4H,(H3,8,9,12). The van der Waals surface area contributed by atoms with Crippen LogP contribution in [0, 0.1) is 0 Å². The second-order valence-electron chi connectivity index (χ2n) is 2.09. The minimum Gasteiger partial charge on any atom is -0.431 e. The summed E-state index contributed by atoms with van der Waals surface area (Å²) in [5, 5.41) is 0.381. The molecule has 1 atom stereocenters. The molecule has 1 aromatic rings. The van der Waals surface area contributed by atoms with Crippen molar-refractivity contribution < 1.29 is 9.42 Å². The van der Waals surface area contributed by atoms with Gasteiger partial charge in [0.05, 0.1) is 5.02 Å². The Hall–Kier alpha value is -0.120. The zero-order chi connectivity index (χ0) is 9.19. The largest absolute Gasteiger partial charge is 0.431 e. The second-order valence-corrected chi connectivity index (χ2v) is 5.37. The number of nitrogens with two attached hydrogens (primary N) is 1. The van der Waals surface area contributed by atoms with Gasteiger partial charge >= 0.3 is 6.64 Å². The maximum absolute atomic E-state index is 9.02. The Morgan fingerprint density at radius 3 is 2.58 bits per heavy atom. The highest BCUT2D eigenvalue weighted by atomic mass is 35.5. The van der Waals surface area contributed by atoms with Crippen LogP contribution in [0.5, 0.6) is 5.75 Å². The van der Waals surface area contributed by atoms with Crippen LogP contribution in [-0.4, -0.2) is 4.89 Å². The van der Waals surface area contributed by atoms with E-state index >= 15 is 0 Å². The van der Waals surface area contributed by atoms with Crippen molar-refractivity contribution in [2.24, 2.45) is 5.50 Å². The summed E-state index contributed by atoms with van der Waals surface area (Å²) in [6.07, 6.45) is 0. The summed E-state index contributed by atoms with van der Waals surface area (Å²) >= 11 is 10.2. The van der Waals surface area contributed by atoms with Crippen molar-refractivity contribution in [2.45, 2.75) is 0 Å². The maximum atomic E-state index is 9.02. The fraction of sp³-hybridized carbons (Fsp3) is 0. The molecule has 1 unspecified atom stereocenters. The van der Waals surface area contributed by atoms with Gasteiger partial charge in [0.15, 0.2) is 0 Å². The van der Waals surface area contributed by atoms with Crippen molar-refractivity contribution in [1.29, 1.82) is 0 Å². The predicted octanol–water partition coefficient (Wildman–Crippen LogP) is 1.89. The van der Waals surface area contributed by atoms with Crippen LogP contribution in [0.1, 0.15) is 0 Å². The maximum Gasteiger partial charge on any atom is 0.307 e. The molecule has 0 spiro atoms. The molecule has 0 aromatic heterocycles. The molecule has 0 aliphatic carbocycles. The minimum atomic E-state index is -3.17. The molecule has 0 aliphatic rings. The number of rotatable bonds is 2. The fourth-order valence-electron chi connectivity index (χ4n) is 0.660. The van der Waals surface area contributed by atoms with Gasteiger partial charge < -0.3 is 9.42 Å². The molecule has 0 aliphatic heterocycles. The normalized spacial score (nSPS) is 15.2. The van der Waals surface area contributed by atoms with Crippen molar-refractivity contribution in [3.8, 4) is 5.75 Å². The van der Waals surface area contributed by atoms with Crippen LogP contribution in [0.4, 0.5) is 0 Å². The lowest BCUT2D eigenvalue weighted by Crippen LogP contribution is -2.00. The molecule has 0 fully saturated rings. The molecule has 6 heteroatoms. The first kappa shape index (κ1) is 9.96. The van der Waals surface area contributed by atoms with Crippen molar-refractivity contribution in [3.05, 3.63) is 29.3 Å². The zero-order valence-electron chi connectivity index (χ0n) is 5.98. The molecular weight excluding hydrogens is 217 g/mol. The molecule has 1 rings (SSSR count). The van der Waals surface area contributed by atoms with Crippen molar-refractivity contribution in [3.63, 3.8) is 0 Å². The molecule has 66 valence electrons. The van der Waals surface area contributed by atoms with Crippen molar-refractivity contribution in [2.75, 3.05) is 0 Å². The van der Waals surface area contributed by atoms with Crippen LogP contribution < -0.4 is 10.0 Å². The van der Waals surface area contributed by atoms with Gasteiger partial charge in [-0.3, -0.25) is 0 Å². The molecule has 3 nitrogen and oxygen atoms in total. The first-order chi connectivity index (χ1) is 5.49. The fourth-order valence-corrected chi connectivity index (χ4v) is 1.57. The molecule has 0 heterocycles. The summed E-state index contributed by atoms with van der Waals surface area (Å²) in [6, 6.07) is 6.67. The third kappa shape index (κ3) is 3.09. The van der Waals surface area contributed by atoms with E-state index in [2.05, 4.69) is 11.8 Å². The Kier molecular flexibility index (Phi) is 3.09. The molecular formula is C6H7ClNO2PS. The predicted molar refractivity (Wildman–Crippen MR) is 52.8 cm³/mol. The van der Waals surface area contributed by atoms with E-state index in [0.717, 1.165) is 0 Å². The minimum absolute atomic E-state index is 0.313. The SMILES string of the molecule is NP(O)(=S)Oc1ccccc1Cl. The summed E-state index contributed by atoms with van der Waals surface area (Å²) in [6.45, 7) is -3.17. The van der Waals surface area contributed by atoms with Crippen LogP contribution in [0.2, 0.25) is 5.02 Å². The van der Waals surface area contributed by atoms with Gasteiger partial charge in [-0.25, -0.2) is 5.50 Å². The molecule has 0 amide bonds. The molecule has 3 N–H and O–H groups in total. The summed E-state index contributed by atoms with van der Waals surface area (Å²) < 4.78 is 4.86. The monoisotopic (exact) mass is 223 g/mol. The molecule has 0 saturated heterocycles. The lowest BCUT2D eigenvalue weighted by molar-refractivity contribution is 0.484. The number of para-hydroxylation sites is 1. The van der Waals surface area contributed by atoms with E-state index in [9.17, 15) is 0 Å². The van der Waals surface area contributed by atoms with Crippen LogP contribution in [0.15, 0.2) is 24.3 Å². The molecule has 0 saturated carbocycles. The van der Waals surface area contributed by atoms with Crippen molar-refractivity contribution >= 4 is 30.1 Å². The second kappa shape index (κ2) is 3.73. The average Bonchev–Trinajstić information content (AvgIpc) is 1.91. The molecule has 1 aromatic carbocycles. The summed E-state index contributed by atoms with van der Waals surface area (Å²) in [7, 11) is 0. The van der Waals surface area contributed by atoms with E-state index in [1.807, 2.05) is 0 Å². The van der Waals surface area contributed by atoms with E-state index in [4.69, 9.17) is 26.5 Å². The Balaban J connectivity index is 2.90. The lowest BCUT2D eigenvalue weighted by Gasteiger charge is -2.11. The van der Waals surface area contributed by atoms with Gasteiger partial charge in [-0.05, 0) is 23.9 Å². The van der Waals surface area contributed by atoms with Crippen molar-refractivity contribution in [1.82, 2.24) is 0 Å². The third-order valence-electron chi connectivity index (χ3n) is 1.07. The average molecular weight is 224 g/mol. The first-order valence-electron chi connectivity index (χ1n) is 3.04. The Morgan fingerprint density at radius 1 is 1.50 bits per heavy atom. The van der Waals surface area contributed by atoms with Gasteiger partial charge in [0.2, 0.25) is 0 Å². The third-order valence-corrected chi connectivity index (χ3v) is 2.06. The van der Waals surface area contributed by atoms with E-state index in [-0.39, 0.29) is 0 Å². The first-order valence-corrected chi connectivity index (χ1v) is 6.16. The molecule has 12 heavy (non-hydrogen) atoms. The Bertz CT molecular complexity index is 327. The van der Waals surface area contributed by atoms with Crippen LogP contribution in [-0.2, 0) is 11.8 Å². The Labute approximate surface area is 80.3 Å². The van der Waals surface area contributed by atoms with E-state index in [0.29, 0.717) is 10.8 Å². The van der Waals surface area contributed by atoms with Crippen LogP contribution in [0.25, 0.3) is 0 Å². The van der Waals surface area contributed by atoms with Gasteiger partial charge in [-0.1, -0.05) is 23.7 Å².